The molecule has 0 heterocycles. The van der Waals surface area contributed by atoms with Gasteiger partial charge in [0.2, 0.25) is 0 Å². The molecule has 14 heavy (non-hydrogen) atoms. The summed E-state index contributed by atoms with van der Waals surface area (Å²) in [5.74, 6) is -1.83. The first-order valence-corrected chi connectivity index (χ1v) is 4.02. The summed E-state index contributed by atoms with van der Waals surface area (Å²) >= 11 is 4.56. The van der Waals surface area contributed by atoms with E-state index in [2.05, 4.69) is 17.5 Å². The number of carboxylic acids is 1. The lowest BCUT2D eigenvalue weighted by molar-refractivity contribution is -0.268. The van der Waals surface area contributed by atoms with E-state index in [1.807, 2.05) is 0 Å². The summed E-state index contributed by atoms with van der Waals surface area (Å²) in [5.41, 5.74) is 5.25. The van der Waals surface area contributed by atoms with E-state index in [-0.39, 0.29) is 10.7 Å². The fourth-order valence-corrected chi connectivity index (χ4v) is 1.03. The van der Waals surface area contributed by atoms with E-state index in [0.717, 1.165) is 6.07 Å². The predicted octanol–water partition coefficient (Wildman–Crippen LogP) is 0.114. The molecule has 0 saturated carbocycles. The number of thiocarbonyl (C=S) groups is 1. The second kappa shape index (κ2) is 3.93. The average Bonchev–Trinajstić information content (AvgIpc) is 2.07. The number of benzene rings is 1. The van der Waals surface area contributed by atoms with Crippen LogP contribution in [0, 0.1) is 0 Å². The Morgan fingerprint density at radius 1 is 1.57 bits per heavy atom. The van der Waals surface area contributed by atoms with Gasteiger partial charge in [-0.1, -0.05) is 11.8 Å². The molecule has 0 radical (unpaired) electrons. The number of nitrogens with one attached hydrogen (secondary N) is 1. The van der Waals surface area contributed by atoms with Gasteiger partial charge in [0.25, 0.3) is 0 Å². The lowest BCUT2D eigenvalue weighted by Crippen LogP contribution is -2.19. The lowest BCUT2D eigenvalue weighted by atomic mass is 10.2. The van der Waals surface area contributed by atoms with Crippen LogP contribution >= 0.6 is 12.2 Å². The number of hydrogen-bond donors (Lipinski definition) is 3. The molecule has 0 atom stereocenters. The molecule has 5 nitrogen and oxygen atoms in total. The summed E-state index contributed by atoms with van der Waals surface area (Å²) in [6.07, 6.45) is 0. The fourth-order valence-electron chi connectivity index (χ4n) is 0.917. The lowest BCUT2D eigenvalue weighted by Gasteiger charge is -2.12. The van der Waals surface area contributed by atoms with Crippen molar-refractivity contribution in [3.63, 3.8) is 0 Å². The molecule has 0 fully saturated rings. The minimum absolute atomic E-state index is 0.0139. The van der Waals surface area contributed by atoms with Crippen LogP contribution in [0.15, 0.2) is 18.2 Å². The Bertz CT molecular complexity index is 392. The van der Waals surface area contributed by atoms with Crippen molar-refractivity contribution in [2.24, 2.45) is 5.73 Å². The van der Waals surface area contributed by atoms with Crippen LogP contribution in [-0.2, 0) is 0 Å². The van der Waals surface area contributed by atoms with Crippen molar-refractivity contribution in [3.05, 3.63) is 23.8 Å². The molecule has 0 aromatic heterocycles. The third-order valence-electron chi connectivity index (χ3n) is 1.48. The molecule has 0 amide bonds. The van der Waals surface area contributed by atoms with Crippen LogP contribution in [0.5, 0.6) is 5.75 Å². The van der Waals surface area contributed by atoms with Gasteiger partial charge in [-0.3, -0.25) is 0 Å². The minimum atomic E-state index is -1.28. The first-order valence-electron chi connectivity index (χ1n) is 3.61. The highest BCUT2D eigenvalue weighted by Crippen LogP contribution is 2.18. The largest absolute Gasteiger partial charge is 0.872 e. The summed E-state index contributed by atoms with van der Waals surface area (Å²) in [4.78, 5) is 10.6. The molecular formula is C8H7N2O3S-. The maximum atomic E-state index is 11.0. The number of anilines is 1. The van der Waals surface area contributed by atoms with E-state index in [1.54, 1.807) is 0 Å². The summed E-state index contributed by atoms with van der Waals surface area (Å²) < 4.78 is 0. The Kier molecular flexibility index (Phi) is 2.88. The third-order valence-corrected chi connectivity index (χ3v) is 1.58. The summed E-state index contributed by atoms with van der Waals surface area (Å²) in [6.45, 7) is 0. The summed E-state index contributed by atoms with van der Waals surface area (Å²) in [6, 6.07) is 3.74. The SMILES string of the molecule is NC(=S)Nc1ccc([O-])c(C(=O)O)c1. The quantitative estimate of drug-likeness (QED) is 0.601. The van der Waals surface area contributed by atoms with Crippen LogP contribution in [0.2, 0.25) is 0 Å². The summed E-state index contributed by atoms with van der Waals surface area (Å²) in [7, 11) is 0. The Hall–Kier alpha value is -1.82. The van der Waals surface area contributed by atoms with Gasteiger partial charge in [0, 0.05) is 5.69 Å². The second-order valence-corrected chi connectivity index (χ2v) is 2.95. The van der Waals surface area contributed by atoms with Crippen molar-refractivity contribution < 1.29 is 15.0 Å². The van der Waals surface area contributed by atoms with Crippen LogP contribution < -0.4 is 16.2 Å². The molecule has 0 aliphatic rings. The topological polar surface area (TPSA) is 98.4 Å². The Balaban J connectivity index is 3.06. The number of carbonyl (C=O) groups is 1. The van der Waals surface area contributed by atoms with Crippen LogP contribution in [0.1, 0.15) is 10.4 Å². The smallest absolute Gasteiger partial charge is 0.335 e. The minimum Gasteiger partial charge on any atom is -0.872 e. The number of hydrogen-bond acceptors (Lipinski definition) is 3. The predicted molar refractivity (Wildman–Crippen MR) is 53.3 cm³/mol. The zero-order valence-corrected chi connectivity index (χ0v) is 7.80. The van der Waals surface area contributed by atoms with Gasteiger partial charge in [-0.2, -0.15) is 0 Å². The maximum Gasteiger partial charge on any atom is 0.335 e. The van der Waals surface area contributed by atoms with E-state index >= 15 is 0 Å². The van der Waals surface area contributed by atoms with Gasteiger partial charge in [-0.15, -0.1) is 0 Å². The molecule has 4 N–H and O–H groups in total. The molecule has 1 aromatic rings. The van der Waals surface area contributed by atoms with Gasteiger partial charge < -0.3 is 21.3 Å². The van der Waals surface area contributed by atoms with Gasteiger partial charge in [0.1, 0.15) is 0 Å². The van der Waals surface area contributed by atoms with Crippen LogP contribution in [-0.4, -0.2) is 16.2 Å². The average molecular weight is 211 g/mol. The zero-order chi connectivity index (χ0) is 10.7. The van der Waals surface area contributed by atoms with Gasteiger partial charge in [0.05, 0.1) is 5.56 Å². The molecule has 0 aliphatic carbocycles. The zero-order valence-electron chi connectivity index (χ0n) is 6.98. The first kappa shape index (κ1) is 10.3. The highest BCUT2D eigenvalue weighted by molar-refractivity contribution is 7.80. The summed E-state index contributed by atoms with van der Waals surface area (Å²) in [5, 5.41) is 22.2. The van der Waals surface area contributed by atoms with Gasteiger partial charge in [-0.25, -0.2) is 4.79 Å². The van der Waals surface area contributed by atoms with E-state index in [4.69, 9.17) is 10.8 Å². The molecule has 0 spiro atoms. The molecule has 1 aromatic carbocycles. The molecule has 6 heteroatoms. The van der Waals surface area contributed by atoms with E-state index < -0.39 is 11.7 Å². The van der Waals surface area contributed by atoms with E-state index in [1.165, 1.54) is 12.1 Å². The normalized spacial score (nSPS) is 9.43. The van der Waals surface area contributed by atoms with E-state index in [9.17, 15) is 9.90 Å². The molecule has 0 aliphatic heterocycles. The Morgan fingerprint density at radius 2 is 2.21 bits per heavy atom. The highest BCUT2D eigenvalue weighted by Gasteiger charge is 2.04. The van der Waals surface area contributed by atoms with Crippen LogP contribution in [0.4, 0.5) is 5.69 Å². The molecule has 0 saturated heterocycles. The molecule has 1 rings (SSSR count). The highest BCUT2D eigenvalue weighted by atomic mass is 32.1. The fraction of sp³-hybridized carbons (Fsp3) is 0. The van der Waals surface area contributed by atoms with Crippen molar-refractivity contribution in [1.82, 2.24) is 0 Å². The van der Waals surface area contributed by atoms with Gasteiger partial charge >= 0.3 is 5.97 Å². The van der Waals surface area contributed by atoms with Crippen molar-refractivity contribution in [1.29, 1.82) is 0 Å². The van der Waals surface area contributed by atoms with E-state index in [0.29, 0.717) is 5.69 Å². The number of nitrogens with two attached hydrogens (primary N) is 1. The van der Waals surface area contributed by atoms with Gasteiger partial charge in [-0.05, 0) is 24.4 Å². The number of rotatable bonds is 2. The first-order chi connectivity index (χ1) is 6.50. The van der Waals surface area contributed by atoms with Crippen molar-refractivity contribution in [2.75, 3.05) is 5.32 Å². The number of aromatic carboxylic acids is 1. The standard InChI is InChI=1S/C8H8N2O3S/c9-8(14)10-4-1-2-6(11)5(3-4)7(12)13/h1-3,11H,(H,12,13)(H3,9,10,14)/p-1. The monoisotopic (exact) mass is 211 g/mol. The third kappa shape index (κ3) is 2.33. The van der Waals surface area contributed by atoms with Gasteiger partial charge in [0.15, 0.2) is 5.11 Å². The molecule has 0 unspecified atom stereocenters. The second-order valence-electron chi connectivity index (χ2n) is 2.51. The Labute approximate surface area is 85.2 Å². The van der Waals surface area contributed by atoms with Crippen molar-refractivity contribution >= 4 is 29.0 Å². The van der Waals surface area contributed by atoms with Crippen LogP contribution in [0.3, 0.4) is 0 Å². The molecular weight excluding hydrogens is 204 g/mol. The molecule has 74 valence electrons. The Morgan fingerprint density at radius 3 is 2.71 bits per heavy atom. The van der Waals surface area contributed by atoms with Crippen LogP contribution in [0.25, 0.3) is 0 Å². The van der Waals surface area contributed by atoms with Crippen molar-refractivity contribution in [2.45, 2.75) is 0 Å². The maximum absolute atomic E-state index is 11.0. The number of carboxylic acid groups (broad SMARTS) is 1. The molecule has 0 bridgehead atoms. The van der Waals surface area contributed by atoms with Crippen molar-refractivity contribution in [3.8, 4) is 5.75 Å².